The van der Waals surface area contributed by atoms with Gasteiger partial charge in [-0.3, -0.25) is 0 Å². The van der Waals surface area contributed by atoms with Crippen LogP contribution in [0.1, 0.15) is 21.5 Å². The van der Waals surface area contributed by atoms with Crippen molar-refractivity contribution in [1.29, 1.82) is 0 Å². The molecule has 0 aliphatic heterocycles. The molecule has 0 atom stereocenters. The Morgan fingerprint density at radius 3 is 2.39 bits per heavy atom. The molecule has 2 aromatic rings. The fourth-order valence-corrected chi connectivity index (χ4v) is 1.41. The molecule has 0 unspecified atom stereocenters. The lowest BCUT2D eigenvalue weighted by atomic mass is 10.2. The van der Waals surface area contributed by atoms with Crippen LogP contribution in [0.25, 0.3) is 0 Å². The number of rotatable bonds is 3. The molecule has 3 heteroatoms. The van der Waals surface area contributed by atoms with E-state index in [0.717, 1.165) is 5.56 Å². The Hall–Kier alpha value is -2.42. The van der Waals surface area contributed by atoms with Crippen molar-refractivity contribution in [2.24, 2.45) is 5.16 Å². The molecule has 3 nitrogen and oxygen atoms in total. The van der Waals surface area contributed by atoms with Gasteiger partial charge in [-0.2, -0.15) is 0 Å². The van der Waals surface area contributed by atoms with E-state index in [1.165, 1.54) is 11.8 Å². The number of nitrogens with zero attached hydrogens (tertiary/aromatic N) is 1. The van der Waals surface area contributed by atoms with Crippen molar-refractivity contribution >= 4 is 12.2 Å². The first kappa shape index (κ1) is 12.0. The van der Waals surface area contributed by atoms with Gasteiger partial charge in [0.15, 0.2) is 0 Å². The number of hydrogen-bond donors (Lipinski definition) is 0. The third-order valence-electron chi connectivity index (χ3n) is 2.42. The molecule has 0 amide bonds. The standard InChI is InChI=1S/C15H13NO2/c1-12-7-9-13(10-8-12)11-16-18-15(17)14-5-3-2-4-6-14/h2-11H,1H3/b16-11+. The summed E-state index contributed by atoms with van der Waals surface area (Å²) < 4.78 is 0. The third kappa shape index (κ3) is 3.28. The van der Waals surface area contributed by atoms with Crippen molar-refractivity contribution < 1.29 is 9.63 Å². The molecule has 0 bridgehead atoms. The Labute approximate surface area is 106 Å². The van der Waals surface area contributed by atoms with Crippen LogP contribution in [0.2, 0.25) is 0 Å². The molecule has 2 rings (SSSR count). The van der Waals surface area contributed by atoms with E-state index in [-0.39, 0.29) is 0 Å². The van der Waals surface area contributed by atoms with Crippen molar-refractivity contribution in [2.45, 2.75) is 6.92 Å². The first-order valence-corrected chi connectivity index (χ1v) is 5.62. The summed E-state index contributed by atoms with van der Waals surface area (Å²) in [5.74, 6) is -0.459. The van der Waals surface area contributed by atoms with Gasteiger partial charge in [-0.05, 0) is 24.6 Å². The molecular weight excluding hydrogens is 226 g/mol. The van der Waals surface area contributed by atoms with Gasteiger partial charge in [0.1, 0.15) is 0 Å². The van der Waals surface area contributed by atoms with Gasteiger partial charge in [0.05, 0.1) is 11.8 Å². The summed E-state index contributed by atoms with van der Waals surface area (Å²) in [5, 5.41) is 3.67. The van der Waals surface area contributed by atoms with Gasteiger partial charge in [0.2, 0.25) is 0 Å². The highest BCUT2D eigenvalue weighted by molar-refractivity contribution is 5.90. The average molecular weight is 239 g/mol. The number of aryl methyl sites for hydroxylation is 1. The molecule has 0 radical (unpaired) electrons. The van der Waals surface area contributed by atoms with E-state index in [4.69, 9.17) is 4.84 Å². The Morgan fingerprint density at radius 1 is 1.06 bits per heavy atom. The zero-order chi connectivity index (χ0) is 12.8. The summed E-state index contributed by atoms with van der Waals surface area (Å²) in [6, 6.07) is 16.5. The van der Waals surface area contributed by atoms with Crippen molar-refractivity contribution in [2.75, 3.05) is 0 Å². The minimum atomic E-state index is -0.459. The van der Waals surface area contributed by atoms with E-state index in [1.807, 2.05) is 37.3 Å². The van der Waals surface area contributed by atoms with E-state index < -0.39 is 5.97 Å². The largest absolute Gasteiger partial charge is 0.365 e. The van der Waals surface area contributed by atoms with Gasteiger partial charge in [0.25, 0.3) is 0 Å². The normalized spacial score (nSPS) is 10.5. The van der Waals surface area contributed by atoms with E-state index in [2.05, 4.69) is 5.16 Å². The van der Waals surface area contributed by atoms with Crippen LogP contribution in [0.5, 0.6) is 0 Å². The Kier molecular flexibility index (Phi) is 3.86. The molecule has 0 saturated carbocycles. The predicted molar refractivity (Wildman–Crippen MR) is 70.6 cm³/mol. The van der Waals surface area contributed by atoms with Gasteiger partial charge in [0, 0.05) is 0 Å². The topological polar surface area (TPSA) is 38.7 Å². The Balaban J connectivity index is 1.96. The minimum Gasteiger partial charge on any atom is -0.313 e. The van der Waals surface area contributed by atoms with Crippen LogP contribution in [0, 0.1) is 6.92 Å². The molecule has 0 aliphatic carbocycles. The number of benzene rings is 2. The zero-order valence-electron chi connectivity index (χ0n) is 10.0. The van der Waals surface area contributed by atoms with Crippen LogP contribution in [-0.4, -0.2) is 12.2 Å². The molecule has 0 saturated heterocycles. The summed E-state index contributed by atoms with van der Waals surface area (Å²) in [5.41, 5.74) is 2.55. The lowest BCUT2D eigenvalue weighted by Crippen LogP contribution is -2.00. The first-order chi connectivity index (χ1) is 8.75. The fourth-order valence-electron chi connectivity index (χ4n) is 1.41. The maximum atomic E-state index is 11.6. The highest BCUT2D eigenvalue weighted by Gasteiger charge is 2.04. The van der Waals surface area contributed by atoms with Gasteiger partial charge >= 0.3 is 5.97 Å². The molecule has 2 aromatic carbocycles. The van der Waals surface area contributed by atoms with E-state index in [0.29, 0.717) is 5.56 Å². The molecule has 0 N–H and O–H groups in total. The zero-order valence-corrected chi connectivity index (χ0v) is 10.0. The molecule has 0 spiro atoms. The van der Waals surface area contributed by atoms with Gasteiger partial charge in [-0.15, -0.1) is 0 Å². The van der Waals surface area contributed by atoms with E-state index >= 15 is 0 Å². The maximum Gasteiger partial charge on any atom is 0.365 e. The van der Waals surface area contributed by atoms with Crippen molar-refractivity contribution in [3.8, 4) is 0 Å². The average Bonchev–Trinajstić information content (AvgIpc) is 2.42. The number of hydrogen-bond acceptors (Lipinski definition) is 3. The van der Waals surface area contributed by atoms with Crippen LogP contribution in [0.4, 0.5) is 0 Å². The van der Waals surface area contributed by atoms with E-state index in [1.54, 1.807) is 24.3 Å². The summed E-state index contributed by atoms with van der Waals surface area (Å²) >= 11 is 0. The summed E-state index contributed by atoms with van der Waals surface area (Å²) in [7, 11) is 0. The Bertz CT molecular complexity index is 544. The molecular formula is C15H13NO2. The van der Waals surface area contributed by atoms with Crippen molar-refractivity contribution in [1.82, 2.24) is 0 Å². The molecule has 0 heterocycles. The van der Waals surface area contributed by atoms with Crippen LogP contribution < -0.4 is 0 Å². The first-order valence-electron chi connectivity index (χ1n) is 5.62. The quantitative estimate of drug-likeness (QED) is 0.468. The second-order valence-electron chi connectivity index (χ2n) is 3.89. The van der Waals surface area contributed by atoms with Crippen LogP contribution in [0.15, 0.2) is 59.8 Å². The molecule has 18 heavy (non-hydrogen) atoms. The number of carbonyl (C=O) groups excluding carboxylic acids is 1. The summed E-state index contributed by atoms with van der Waals surface area (Å²) in [4.78, 5) is 16.3. The monoisotopic (exact) mass is 239 g/mol. The number of oxime groups is 1. The van der Waals surface area contributed by atoms with Crippen LogP contribution in [0.3, 0.4) is 0 Å². The lowest BCUT2D eigenvalue weighted by Gasteiger charge is -1.97. The van der Waals surface area contributed by atoms with Gasteiger partial charge < -0.3 is 4.84 Å². The molecule has 0 fully saturated rings. The highest BCUT2D eigenvalue weighted by atomic mass is 16.7. The van der Waals surface area contributed by atoms with Crippen molar-refractivity contribution in [3.05, 3.63) is 71.3 Å². The van der Waals surface area contributed by atoms with Crippen LogP contribution in [-0.2, 0) is 4.84 Å². The lowest BCUT2D eigenvalue weighted by molar-refractivity contribution is 0.0519. The van der Waals surface area contributed by atoms with Crippen molar-refractivity contribution in [3.63, 3.8) is 0 Å². The van der Waals surface area contributed by atoms with Crippen LogP contribution >= 0.6 is 0 Å². The minimum absolute atomic E-state index is 0.459. The summed E-state index contributed by atoms with van der Waals surface area (Å²) in [6.45, 7) is 2.01. The molecule has 0 aromatic heterocycles. The molecule has 90 valence electrons. The molecule has 0 aliphatic rings. The predicted octanol–water partition coefficient (Wildman–Crippen LogP) is 3.19. The Morgan fingerprint density at radius 2 is 1.72 bits per heavy atom. The van der Waals surface area contributed by atoms with Gasteiger partial charge in [-0.1, -0.05) is 53.2 Å². The number of carbonyl (C=O) groups is 1. The SMILES string of the molecule is Cc1ccc(/C=N/OC(=O)c2ccccc2)cc1. The van der Waals surface area contributed by atoms with E-state index in [9.17, 15) is 4.79 Å². The second kappa shape index (κ2) is 5.77. The maximum absolute atomic E-state index is 11.6. The third-order valence-corrected chi connectivity index (χ3v) is 2.42. The smallest absolute Gasteiger partial charge is 0.313 e. The second-order valence-corrected chi connectivity index (χ2v) is 3.89. The summed E-state index contributed by atoms with van der Waals surface area (Å²) in [6.07, 6.45) is 1.51. The van der Waals surface area contributed by atoms with Gasteiger partial charge in [-0.25, -0.2) is 4.79 Å². The highest BCUT2D eigenvalue weighted by Crippen LogP contribution is 2.03. The fraction of sp³-hybridized carbons (Fsp3) is 0.0667.